The van der Waals surface area contributed by atoms with Crippen LogP contribution in [0, 0.1) is 0 Å². The number of hydrogen-bond acceptors (Lipinski definition) is 11. The van der Waals surface area contributed by atoms with Gasteiger partial charge in [-0.15, -0.1) is 0 Å². The Bertz CT molecular complexity index is 1040. The predicted molar refractivity (Wildman–Crippen MR) is 123 cm³/mol. The number of carbonyl (C=O) groups is 5. The van der Waals surface area contributed by atoms with E-state index in [1.54, 1.807) is 0 Å². The Labute approximate surface area is 198 Å². The van der Waals surface area contributed by atoms with Crippen LogP contribution in [0.4, 0.5) is 11.8 Å². The third-order valence-corrected chi connectivity index (χ3v) is 4.28. The number of nitrogens with zero attached hydrogens (tertiary/aromatic N) is 3. The number of aromatic nitrogens is 4. The van der Waals surface area contributed by atoms with Crippen molar-refractivity contribution >= 4 is 65.6 Å². The molecule has 15 nitrogen and oxygen atoms in total. The van der Waals surface area contributed by atoms with E-state index in [0.717, 1.165) is 0 Å². The maximum atomic E-state index is 12.1. The number of carbonyl (C=O) groups excluding carboxylic acids is 3. The van der Waals surface area contributed by atoms with Crippen LogP contribution < -0.4 is 21.7 Å². The number of thiol groups is 1. The number of aldehydes is 1. The van der Waals surface area contributed by atoms with Crippen LogP contribution in [0.25, 0.3) is 11.2 Å². The number of anilines is 2. The second-order valence-corrected chi connectivity index (χ2v) is 6.76. The number of aromatic amines is 1. The Morgan fingerprint density at radius 1 is 1.24 bits per heavy atom. The minimum Gasteiger partial charge on any atom is -0.480 e. The van der Waals surface area contributed by atoms with Crippen molar-refractivity contribution < 1.29 is 34.2 Å². The minimum absolute atomic E-state index is 0.0683. The molecule has 0 aromatic carbocycles. The van der Waals surface area contributed by atoms with Gasteiger partial charge in [-0.25, -0.2) is 9.78 Å². The standard InChI is InChI=1S/C15H20N8O6S.C3H4O/c16-11-10-12(19-5-18-10)23-15(22-11)21-6(14(28)29)1-2-8(24)20-7(4-30)13(27)17-3-9(25)26;1-2-3-4/h5-7,30H,1-4H2,(H,17,27)(H,20,24)(H,25,26)(H,28,29)(H4,16,18,19,21,22,23);2-3H,1H2/t6-,7-;/m0./s1. The summed E-state index contributed by atoms with van der Waals surface area (Å²) in [6.07, 6.45) is 2.79. The number of nitrogen functional groups attached to an aromatic ring is 1. The monoisotopic (exact) mass is 496 g/mol. The molecule has 2 heterocycles. The molecule has 34 heavy (non-hydrogen) atoms. The van der Waals surface area contributed by atoms with E-state index in [0.29, 0.717) is 11.8 Å². The number of rotatable bonds is 12. The van der Waals surface area contributed by atoms with Crippen LogP contribution in [0.15, 0.2) is 19.0 Å². The fourth-order valence-corrected chi connectivity index (χ4v) is 2.61. The van der Waals surface area contributed by atoms with Crippen molar-refractivity contribution in [3.63, 3.8) is 0 Å². The fourth-order valence-electron chi connectivity index (χ4n) is 2.36. The number of nitrogens with two attached hydrogens (primary N) is 1. The van der Waals surface area contributed by atoms with Crippen molar-refractivity contribution in [3.8, 4) is 0 Å². The van der Waals surface area contributed by atoms with Gasteiger partial charge in [-0.05, 0) is 12.5 Å². The number of H-pyrrole nitrogens is 1. The molecule has 0 bridgehead atoms. The number of hydrogen-bond donors (Lipinski definition) is 8. The molecular weight excluding hydrogens is 472 g/mol. The quantitative estimate of drug-likeness (QED) is 0.0957. The zero-order valence-corrected chi connectivity index (χ0v) is 18.6. The largest absolute Gasteiger partial charge is 0.480 e. The number of imidazole rings is 1. The molecule has 0 aliphatic carbocycles. The molecular formula is C18H24N8O7S. The molecule has 2 aromatic rings. The van der Waals surface area contributed by atoms with Gasteiger partial charge in [0.25, 0.3) is 0 Å². The van der Waals surface area contributed by atoms with Gasteiger partial charge in [0.2, 0.25) is 17.8 Å². The number of nitrogens with one attached hydrogen (secondary N) is 4. The van der Waals surface area contributed by atoms with Crippen LogP contribution in [0.5, 0.6) is 0 Å². The second-order valence-electron chi connectivity index (χ2n) is 6.39. The number of carboxylic acids is 2. The van der Waals surface area contributed by atoms with Gasteiger partial charge in [0.15, 0.2) is 11.5 Å². The van der Waals surface area contributed by atoms with Gasteiger partial charge < -0.3 is 36.9 Å². The van der Waals surface area contributed by atoms with Crippen molar-refractivity contribution in [2.75, 3.05) is 23.3 Å². The lowest BCUT2D eigenvalue weighted by Gasteiger charge is -2.17. The third-order valence-electron chi connectivity index (χ3n) is 3.92. The highest BCUT2D eigenvalue weighted by Crippen LogP contribution is 2.16. The average molecular weight is 497 g/mol. The summed E-state index contributed by atoms with van der Waals surface area (Å²) in [6, 6.07) is -2.29. The first-order chi connectivity index (χ1) is 16.1. The molecule has 0 saturated carbocycles. The van der Waals surface area contributed by atoms with E-state index in [9.17, 15) is 24.3 Å². The molecule has 0 fully saturated rings. The van der Waals surface area contributed by atoms with Gasteiger partial charge in [0.1, 0.15) is 30.4 Å². The Morgan fingerprint density at radius 2 is 1.91 bits per heavy atom. The van der Waals surface area contributed by atoms with Crippen LogP contribution in [0.2, 0.25) is 0 Å². The first-order valence-electron chi connectivity index (χ1n) is 9.54. The third kappa shape index (κ3) is 9.11. The molecule has 2 aromatic heterocycles. The lowest BCUT2D eigenvalue weighted by Crippen LogP contribution is -2.49. The van der Waals surface area contributed by atoms with E-state index in [1.807, 2.05) is 0 Å². The SMILES string of the molecule is C=CC=O.Nc1nc(N[C@@H](CCC(=O)N[C@@H](CS)C(=O)NCC(=O)O)C(=O)O)nc2nc[nH]c12. The van der Waals surface area contributed by atoms with Crippen molar-refractivity contribution in [1.82, 2.24) is 30.6 Å². The van der Waals surface area contributed by atoms with E-state index in [2.05, 4.69) is 55.1 Å². The average Bonchev–Trinajstić information content (AvgIpc) is 3.27. The van der Waals surface area contributed by atoms with Gasteiger partial charge >= 0.3 is 11.9 Å². The molecule has 0 saturated heterocycles. The van der Waals surface area contributed by atoms with Gasteiger partial charge in [-0.2, -0.15) is 22.6 Å². The molecule has 0 spiro atoms. The fraction of sp³-hybridized carbons (Fsp3) is 0.333. The summed E-state index contributed by atoms with van der Waals surface area (Å²) < 4.78 is 0. The predicted octanol–water partition coefficient (Wildman–Crippen LogP) is -1.43. The number of fused-ring (bicyclic) bond motifs is 1. The van der Waals surface area contributed by atoms with E-state index >= 15 is 0 Å². The first kappa shape index (κ1) is 27.8. The lowest BCUT2D eigenvalue weighted by molar-refractivity contribution is -0.138. The maximum absolute atomic E-state index is 12.1. The lowest BCUT2D eigenvalue weighted by atomic mass is 10.1. The molecule has 2 atom stereocenters. The van der Waals surface area contributed by atoms with Crippen LogP contribution >= 0.6 is 12.6 Å². The van der Waals surface area contributed by atoms with Gasteiger partial charge in [-0.1, -0.05) is 6.58 Å². The summed E-state index contributed by atoms with van der Waals surface area (Å²) in [5, 5.41) is 25.0. The number of amides is 2. The molecule has 2 rings (SSSR count). The van der Waals surface area contributed by atoms with Crippen LogP contribution in [0.1, 0.15) is 12.8 Å². The topological polar surface area (TPSA) is 242 Å². The second kappa shape index (κ2) is 14.0. The molecule has 184 valence electrons. The summed E-state index contributed by atoms with van der Waals surface area (Å²) in [7, 11) is 0. The normalized spacial score (nSPS) is 11.8. The Hall–Kier alpha value is -4.21. The Kier molecular flexibility index (Phi) is 11.5. The van der Waals surface area contributed by atoms with E-state index < -0.39 is 42.4 Å². The highest BCUT2D eigenvalue weighted by atomic mass is 32.1. The highest BCUT2D eigenvalue weighted by Gasteiger charge is 2.23. The summed E-state index contributed by atoms with van der Waals surface area (Å²) in [6.45, 7) is 2.51. The molecule has 0 aliphatic rings. The van der Waals surface area contributed by atoms with E-state index in [1.165, 1.54) is 12.4 Å². The van der Waals surface area contributed by atoms with Crippen molar-refractivity contribution in [1.29, 1.82) is 0 Å². The van der Waals surface area contributed by atoms with E-state index in [-0.39, 0.29) is 36.0 Å². The zero-order valence-electron chi connectivity index (χ0n) is 17.7. The van der Waals surface area contributed by atoms with Gasteiger partial charge in [0.05, 0.1) is 6.33 Å². The molecule has 0 aliphatic heterocycles. The zero-order chi connectivity index (χ0) is 25.7. The highest BCUT2D eigenvalue weighted by molar-refractivity contribution is 7.80. The minimum atomic E-state index is -1.25. The van der Waals surface area contributed by atoms with Crippen molar-refractivity contribution in [3.05, 3.63) is 19.0 Å². The summed E-state index contributed by atoms with van der Waals surface area (Å²) in [5.41, 5.74) is 6.42. The number of aliphatic carboxylic acids is 2. The molecule has 8 N–H and O–H groups in total. The number of allylic oxidation sites excluding steroid dienone is 1. The Morgan fingerprint density at radius 3 is 2.47 bits per heavy atom. The first-order valence-corrected chi connectivity index (χ1v) is 10.2. The summed E-state index contributed by atoms with van der Waals surface area (Å²) in [5.74, 6) is -3.89. The van der Waals surface area contributed by atoms with Crippen LogP contribution in [-0.2, 0) is 24.0 Å². The summed E-state index contributed by atoms with van der Waals surface area (Å²) in [4.78, 5) is 69.7. The van der Waals surface area contributed by atoms with E-state index in [4.69, 9.17) is 15.6 Å². The van der Waals surface area contributed by atoms with Crippen molar-refractivity contribution in [2.45, 2.75) is 24.9 Å². The van der Waals surface area contributed by atoms with Crippen LogP contribution in [-0.4, -0.2) is 84.6 Å². The van der Waals surface area contributed by atoms with Crippen LogP contribution in [0.3, 0.4) is 0 Å². The molecule has 16 heteroatoms. The maximum Gasteiger partial charge on any atom is 0.326 e. The Balaban J connectivity index is 0.00000133. The number of carboxylic acid groups (broad SMARTS) is 2. The molecule has 0 unspecified atom stereocenters. The van der Waals surface area contributed by atoms with Crippen molar-refractivity contribution in [2.24, 2.45) is 0 Å². The summed E-state index contributed by atoms with van der Waals surface area (Å²) >= 11 is 3.95. The smallest absolute Gasteiger partial charge is 0.326 e. The van der Waals surface area contributed by atoms with Gasteiger partial charge in [0, 0.05) is 12.2 Å². The van der Waals surface area contributed by atoms with Gasteiger partial charge in [-0.3, -0.25) is 19.2 Å². The molecule has 0 radical (unpaired) electrons. The molecule has 2 amide bonds.